The molecule has 1 aromatic carbocycles. The second-order valence-corrected chi connectivity index (χ2v) is 4.95. The molecule has 1 atom stereocenters. The molecule has 1 aromatic rings. The Kier molecular flexibility index (Phi) is 6.69. The predicted octanol–water partition coefficient (Wildman–Crippen LogP) is 3.01. The van der Waals surface area contributed by atoms with Gasteiger partial charge in [-0.25, -0.2) is 0 Å². The zero-order valence-electron chi connectivity index (χ0n) is 10.0. The van der Waals surface area contributed by atoms with Crippen LogP contribution in [0.1, 0.15) is 18.9 Å². The summed E-state index contributed by atoms with van der Waals surface area (Å²) in [6.07, 6.45) is 2.13. The van der Waals surface area contributed by atoms with E-state index in [0.29, 0.717) is 6.04 Å². The van der Waals surface area contributed by atoms with E-state index >= 15 is 0 Å². The van der Waals surface area contributed by atoms with Crippen molar-refractivity contribution in [1.82, 2.24) is 5.32 Å². The highest BCUT2D eigenvalue weighted by Gasteiger charge is 2.02. The fourth-order valence-corrected chi connectivity index (χ4v) is 2.10. The molecule has 0 aromatic heterocycles. The van der Waals surface area contributed by atoms with Crippen LogP contribution in [-0.4, -0.2) is 26.3 Å². The van der Waals surface area contributed by atoms with Gasteiger partial charge in [-0.05, 0) is 44.0 Å². The van der Waals surface area contributed by atoms with Crippen molar-refractivity contribution >= 4 is 15.9 Å². The van der Waals surface area contributed by atoms with E-state index in [0.717, 1.165) is 30.5 Å². The molecule has 2 nitrogen and oxygen atoms in total. The van der Waals surface area contributed by atoms with Gasteiger partial charge in [-0.2, -0.15) is 0 Å². The average Bonchev–Trinajstić information content (AvgIpc) is 2.24. The van der Waals surface area contributed by atoms with Crippen LogP contribution in [0.25, 0.3) is 0 Å². The topological polar surface area (TPSA) is 21.3 Å². The molecule has 0 aliphatic rings. The Bertz CT molecular complexity index is 304. The Labute approximate surface area is 107 Å². The molecule has 1 N–H and O–H groups in total. The Morgan fingerprint density at radius 2 is 2.25 bits per heavy atom. The molecular formula is C13H20BrNO. The van der Waals surface area contributed by atoms with Crippen LogP contribution in [0.4, 0.5) is 0 Å². The summed E-state index contributed by atoms with van der Waals surface area (Å²) >= 11 is 3.49. The first-order chi connectivity index (χ1) is 7.72. The molecular weight excluding hydrogens is 266 g/mol. The number of nitrogens with one attached hydrogen (secondary N) is 1. The van der Waals surface area contributed by atoms with Crippen molar-refractivity contribution in [3.8, 4) is 0 Å². The molecule has 0 saturated heterocycles. The first kappa shape index (κ1) is 13.7. The van der Waals surface area contributed by atoms with E-state index in [1.807, 2.05) is 0 Å². The maximum Gasteiger partial charge on any atom is 0.0474 e. The molecule has 1 rings (SSSR count). The van der Waals surface area contributed by atoms with Crippen molar-refractivity contribution in [2.75, 3.05) is 20.3 Å². The number of ether oxygens (including phenoxy) is 1. The van der Waals surface area contributed by atoms with Gasteiger partial charge in [0, 0.05) is 24.2 Å². The highest BCUT2D eigenvalue weighted by molar-refractivity contribution is 9.10. The predicted molar refractivity (Wildman–Crippen MR) is 71.8 cm³/mol. The second-order valence-electron chi connectivity index (χ2n) is 4.04. The van der Waals surface area contributed by atoms with Crippen molar-refractivity contribution in [1.29, 1.82) is 0 Å². The van der Waals surface area contributed by atoms with Gasteiger partial charge in [-0.1, -0.05) is 28.1 Å². The second kappa shape index (κ2) is 7.82. The molecule has 0 aliphatic heterocycles. The van der Waals surface area contributed by atoms with Crippen LogP contribution in [0.5, 0.6) is 0 Å². The van der Waals surface area contributed by atoms with Crippen molar-refractivity contribution in [2.45, 2.75) is 25.8 Å². The maximum atomic E-state index is 5.01. The van der Waals surface area contributed by atoms with Gasteiger partial charge in [0.25, 0.3) is 0 Å². The summed E-state index contributed by atoms with van der Waals surface area (Å²) in [4.78, 5) is 0. The molecule has 0 radical (unpaired) electrons. The molecule has 0 saturated carbocycles. The maximum absolute atomic E-state index is 5.01. The smallest absolute Gasteiger partial charge is 0.0474 e. The number of benzene rings is 1. The van der Waals surface area contributed by atoms with Gasteiger partial charge in [-0.15, -0.1) is 0 Å². The Balaban J connectivity index is 2.25. The molecule has 3 heteroatoms. The van der Waals surface area contributed by atoms with Crippen LogP contribution in [0.3, 0.4) is 0 Å². The quantitative estimate of drug-likeness (QED) is 0.778. The lowest BCUT2D eigenvalue weighted by molar-refractivity contribution is 0.193. The summed E-state index contributed by atoms with van der Waals surface area (Å²) in [6, 6.07) is 8.98. The van der Waals surface area contributed by atoms with Gasteiger partial charge in [0.2, 0.25) is 0 Å². The number of hydrogen-bond acceptors (Lipinski definition) is 2. The van der Waals surface area contributed by atoms with Crippen molar-refractivity contribution in [3.05, 3.63) is 34.3 Å². The molecule has 0 heterocycles. The fraction of sp³-hybridized carbons (Fsp3) is 0.538. The molecule has 0 spiro atoms. The van der Waals surface area contributed by atoms with Gasteiger partial charge in [-0.3, -0.25) is 0 Å². The summed E-state index contributed by atoms with van der Waals surface area (Å²) in [5.74, 6) is 0. The molecule has 90 valence electrons. The number of halogens is 1. The van der Waals surface area contributed by atoms with Crippen molar-refractivity contribution in [2.24, 2.45) is 0 Å². The van der Waals surface area contributed by atoms with Crippen LogP contribution < -0.4 is 5.32 Å². The minimum absolute atomic E-state index is 0.506. The normalized spacial score (nSPS) is 12.7. The largest absolute Gasteiger partial charge is 0.385 e. The van der Waals surface area contributed by atoms with E-state index in [1.165, 1.54) is 5.56 Å². The van der Waals surface area contributed by atoms with Crippen LogP contribution in [0, 0.1) is 0 Å². The Hall–Kier alpha value is -0.380. The molecule has 1 unspecified atom stereocenters. The Morgan fingerprint density at radius 3 is 2.94 bits per heavy atom. The number of rotatable bonds is 7. The zero-order chi connectivity index (χ0) is 11.8. The Morgan fingerprint density at radius 1 is 1.44 bits per heavy atom. The van der Waals surface area contributed by atoms with E-state index in [9.17, 15) is 0 Å². The molecule has 0 fully saturated rings. The van der Waals surface area contributed by atoms with Crippen LogP contribution in [-0.2, 0) is 11.2 Å². The highest BCUT2D eigenvalue weighted by Crippen LogP contribution is 2.12. The summed E-state index contributed by atoms with van der Waals surface area (Å²) in [7, 11) is 1.74. The third-order valence-corrected chi connectivity index (χ3v) is 2.94. The average molecular weight is 286 g/mol. The highest BCUT2D eigenvalue weighted by atomic mass is 79.9. The standard InChI is InChI=1S/C13H20BrNO/c1-11(15-7-4-8-16-2)9-12-5-3-6-13(14)10-12/h3,5-6,10-11,15H,4,7-9H2,1-2H3. The molecule has 0 amide bonds. The van der Waals surface area contributed by atoms with Gasteiger partial charge < -0.3 is 10.1 Å². The van der Waals surface area contributed by atoms with E-state index < -0.39 is 0 Å². The summed E-state index contributed by atoms with van der Waals surface area (Å²) < 4.78 is 6.16. The van der Waals surface area contributed by atoms with Crippen molar-refractivity contribution in [3.63, 3.8) is 0 Å². The lowest BCUT2D eigenvalue weighted by atomic mass is 10.1. The molecule has 0 bridgehead atoms. The third-order valence-electron chi connectivity index (χ3n) is 2.45. The number of hydrogen-bond donors (Lipinski definition) is 1. The van der Waals surface area contributed by atoms with E-state index in [2.05, 4.69) is 52.4 Å². The molecule has 16 heavy (non-hydrogen) atoms. The van der Waals surface area contributed by atoms with Crippen LogP contribution in [0.2, 0.25) is 0 Å². The van der Waals surface area contributed by atoms with E-state index in [4.69, 9.17) is 4.74 Å². The third kappa shape index (κ3) is 5.64. The number of methoxy groups -OCH3 is 1. The first-order valence-electron chi connectivity index (χ1n) is 5.69. The zero-order valence-corrected chi connectivity index (χ0v) is 11.6. The summed E-state index contributed by atoms with van der Waals surface area (Å²) in [5.41, 5.74) is 1.36. The molecule has 0 aliphatic carbocycles. The van der Waals surface area contributed by atoms with Gasteiger partial charge in [0.1, 0.15) is 0 Å². The van der Waals surface area contributed by atoms with Crippen LogP contribution >= 0.6 is 15.9 Å². The SMILES string of the molecule is COCCCNC(C)Cc1cccc(Br)c1. The lowest BCUT2D eigenvalue weighted by Gasteiger charge is -2.13. The van der Waals surface area contributed by atoms with Crippen molar-refractivity contribution < 1.29 is 4.74 Å². The summed E-state index contributed by atoms with van der Waals surface area (Å²) in [5, 5.41) is 3.49. The van der Waals surface area contributed by atoms with Gasteiger partial charge >= 0.3 is 0 Å². The fourth-order valence-electron chi connectivity index (χ4n) is 1.65. The monoisotopic (exact) mass is 285 g/mol. The van der Waals surface area contributed by atoms with E-state index in [1.54, 1.807) is 7.11 Å². The van der Waals surface area contributed by atoms with Gasteiger partial charge in [0.05, 0.1) is 0 Å². The minimum atomic E-state index is 0.506. The minimum Gasteiger partial charge on any atom is -0.385 e. The van der Waals surface area contributed by atoms with Gasteiger partial charge in [0.15, 0.2) is 0 Å². The van der Waals surface area contributed by atoms with Crippen LogP contribution in [0.15, 0.2) is 28.7 Å². The first-order valence-corrected chi connectivity index (χ1v) is 6.48. The lowest BCUT2D eigenvalue weighted by Crippen LogP contribution is -2.29. The summed E-state index contributed by atoms with van der Waals surface area (Å²) in [6.45, 7) is 4.06. The van der Waals surface area contributed by atoms with E-state index in [-0.39, 0.29) is 0 Å².